The first-order valence-electron chi connectivity index (χ1n) is 5.99. The zero-order valence-corrected chi connectivity index (χ0v) is 10.1. The summed E-state index contributed by atoms with van der Waals surface area (Å²) >= 11 is 0. The predicted octanol–water partition coefficient (Wildman–Crippen LogP) is 1.81. The molecule has 0 aliphatic carbocycles. The fourth-order valence-corrected chi connectivity index (χ4v) is 1.57. The second-order valence-corrected chi connectivity index (χ2v) is 3.79. The fraction of sp³-hybridized carbons (Fsp3) is 0.429. The van der Waals surface area contributed by atoms with E-state index in [1.54, 1.807) is 0 Å². The van der Waals surface area contributed by atoms with Crippen LogP contribution in [0, 0.1) is 11.8 Å². The Morgan fingerprint density at radius 1 is 1.24 bits per heavy atom. The second kappa shape index (κ2) is 6.17. The molecule has 0 saturated carbocycles. The normalized spacial score (nSPS) is 13.5. The Morgan fingerprint density at radius 2 is 2.06 bits per heavy atom. The average Bonchev–Trinajstić information content (AvgIpc) is 2.59. The van der Waals surface area contributed by atoms with Crippen LogP contribution in [0.15, 0.2) is 18.2 Å². The molecule has 3 heteroatoms. The summed E-state index contributed by atoms with van der Waals surface area (Å²) in [6.07, 6.45) is 0.927. The van der Waals surface area contributed by atoms with E-state index in [0.717, 1.165) is 36.6 Å². The van der Waals surface area contributed by atoms with E-state index in [0.29, 0.717) is 13.2 Å². The van der Waals surface area contributed by atoms with Crippen molar-refractivity contribution in [2.45, 2.75) is 13.3 Å². The molecule has 1 heterocycles. The Bertz CT molecular complexity index is 432. The molecule has 0 amide bonds. The molecule has 17 heavy (non-hydrogen) atoms. The van der Waals surface area contributed by atoms with Crippen molar-refractivity contribution in [3.63, 3.8) is 0 Å². The second-order valence-electron chi connectivity index (χ2n) is 3.79. The summed E-state index contributed by atoms with van der Waals surface area (Å²) in [5.74, 6) is 7.79. The predicted molar refractivity (Wildman–Crippen MR) is 67.5 cm³/mol. The summed E-state index contributed by atoms with van der Waals surface area (Å²) in [6, 6.07) is 5.84. The Balaban J connectivity index is 2.08. The molecule has 1 aliphatic rings. The van der Waals surface area contributed by atoms with Crippen molar-refractivity contribution in [2.75, 3.05) is 26.3 Å². The van der Waals surface area contributed by atoms with Crippen molar-refractivity contribution >= 4 is 0 Å². The summed E-state index contributed by atoms with van der Waals surface area (Å²) in [6.45, 7) is 5.15. The van der Waals surface area contributed by atoms with E-state index in [1.807, 2.05) is 18.2 Å². The molecule has 0 saturated heterocycles. The Labute approximate surface area is 102 Å². The molecular weight excluding hydrogens is 214 g/mol. The van der Waals surface area contributed by atoms with Crippen molar-refractivity contribution in [1.29, 1.82) is 0 Å². The van der Waals surface area contributed by atoms with Gasteiger partial charge in [0.05, 0.1) is 19.8 Å². The monoisotopic (exact) mass is 231 g/mol. The van der Waals surface area contributed by atoms with E-state index in [4.69, 9.17) is 9.47 Å². The number of nitrogens with one attached hydrogen (secondary N) is 1. The van der Waals surface area contributed by atoms with Crippen LogP contribution in [0.25, 0.3) is 0 Å². The zero-order valence-electron chi connectivity index (χ0n) is 10.1. The highest BCUT2D eigenvalue weighted by Crippen LogP contribution is 2.29. The lowest BCUT2D eigenvalue weighted by atomic mass is 10.2. The molecule has 90 valence electrons. The highest BCUT2D eigenvalue weighted by atomic mass is 16.5. The number of fused-ring (bicyclic) bond motifs is 1. The third kappa shape index (κ3) is 3.40. The molecule has 1 N–H and O–H groups in total. The van der Waals surface area contributed by atoms with Gasteiger partial charge in [-0.15, -0.1) is 0 Å². The topological polar surface area (TPSA) is 30.5 Å². The quantitative estimate of drug-likeness (QED) is 0.622. The number of rotatable bonds is 2. The standard InChI is InChI=1S/C14H17NO2/c1-2-15-8-3-5-12-6-7-13-14(11-12)17-10-4-9-16-13/h6-7,11,15H,2,4,8-10H2,1H3. The van der Waals surface area contributed by atoms with Crippen LogP contribution in [0.1, 0.15) is 18.9 Å². The van der Waals surface area contributed by atoms with Crippen molar-refractivity contribution in [2.24, 2.45) is 0 Å². The summed E-state index contributed by atoms with van der Waals surface area (Å²) in [5, 5.41) is 3.16. The minimum absolute atomic E-state index is 0.710. The molecule has 1 aliphatic heterocycles. The fourth-order valence-electron chi connectivity index (χ4n) is 1.57. The van der Waals surface area contributed by atoms with E-state index in [-0.39, 0.29) is 0 Å². The van der Waals surface area contributed by atoms with Crippen LogP contribution in [0.3, 0.4) is 0 Å². The van der Waals surface area contributed by atoms with Crippen LogP contribution >= 0.6 is 0 Å². The Hall–Kier alpha value is -1.66. The first kappa shape index (κ1) is 11.8. The average molecular weight is 231 g/mol. The molecule has 2 rings (SSSR count). The van der Waals surface area contributed by atoms with E-state index in [2.05, 4.69) is 24.1 Å². The molecule has 1 aromatic rings. The molecule has 0 spiro atoms. The van der Waals surface area contributed by atoms with Crippen molar-refractivity contribution < 1.29 is 9.47 Å². The maximum absolute atomic E-state index is 5.61. The van der Waals surface area contributed by atoms with Gasteiger partial charge in [0.15, 0.2) is 11.5 Å². The van der Waals surface area contributed by atoms with Crippen LogP contribution in [0.4, 0.5) is 0 Å². The van der Waals surface area contributed by atoms with E-state index >= 15 is 0 Å². The molecule has 0 unspecified atom stereocenters. The van der Waals surface area contributed by atoms with Crippen molar-refractivity contribution in [3.8, 4) is 23.3 Å². The lowest BCUT2D eigenvalue weighted by Crippen LogP contribution is -2.11. The highest BCUT2D eigenvalue weighted by molar-refractivity contribution is 5.48. The lowest BCUT2D eigenvalue weighted by Gasteiger charge is -2.06. The summed E-state index contributed by atoms with van der Waals surface area (Å²) in [5.41, 5.74) is 0.965. The molecule has 1 aromatic carbocycles. The van der Waals surface area contributed by atoms with E-state index in [1.165, 1.54) is 0 Å². The van der Waals surface area contributed by atoms with Gasteiger partial charge in [-0.2, -0.15) is 0 Å². The molecule has 0 bridgehead atoms. The van der Waals surface area contributed by atoms with Gasteiger partial charge in [-0.25, -0.2) is 0 Å². The van der Waals surface area contributed by atoms with E-state index in [9.17, 15) is 0 Å². The first-order chi connectivity index (χ1) is 8.40. The number of hydrogen-bond donors (Lipinski definition) is 1. The van der Waals surface area contributed by atoms with Crippen LogP contribution in [-0.4, -0.2) is 26.3 Å². The Kier molecular flexibility index (Phi) is 4.29. The maximum Gasteiger partial charge on any atom is 0.162 e. The van der Waals surface area contributed by atoms with Crippen LogP contribution in [-0.2, 0) is 0 Å². The zero-order chi connectivity index (χ0) is 11.9. The van der Waals surface area contributed by atoms with Gasteiger partial charge in [-0.1, -0.05) is 18.8 Å². The molecule has 3 nitrogen and oxygen atoms in total. The number of benzene rings is 1. The van der Waals surface area contributed by atoms with Gasteiger partial charge < -0.3 is 14.8 Å². The summed E-state index contributed by atoms with van der Waals surface area (Å²) in [4.78, 5) is 0. The largest absolute Gasteiger partial charge is 0.490 e. The van der Waals surface area contributed by atoms with Gasteiger partial charge in [-0.3, -0.25) is 0 Å². The first-order valence-corrected chi connectivity index (χ1v) is 5.99. The van der Waals surface area contributed by atoms with Gasteiger partial charge >= 0.3 is 0 Å². The van der Waals surface area contributed by atoms with Crippen molar-refractivity contribution in [1.82, 2.24) is 5.32 Å². The van der Waals surface area contributed by atoms with Gasteiger partial charge in [0, 0.05) is 12.0 Å². The van der Waals surface area contributed by atoms with Crippen LogP contribution in [0.2, 0.25) is 0 Å². The molecule has 0 atom stereocenters. The SMILES string of the molecule is CCNCC#Cc1ccc2c(c1)OCCCO2. The van der Waals surface area contributed by atoms with Gasteiger partial charge in [0.25, 0.3) is 0 Å². The molecule has 0 radical (unpaired) electrons. The summed E-state index contributed by atoms with van der Waals surface area (Å²) < 4.78 is 11.2. The van der Waals surface area contributed by atoms with Gasteiger partial charge in [0.2, 0.25) is 0 Å². The third-order valence-corrected chi connectivity index (χ3v) is 2.44. The van der Waals surface area contributed by atoms with E-state index < -0.39 is 0 Å². The van der Waals surface area contributed by atoms with Gasteiger partial charge in [0.1, 0.15) is 0 Å². The molecule has 0 fully saturated rings. The summed E-state index contributed by atoms with van der Waals surface area (Å²) in [7, 11) is 0. The van der Waals surface area contributed by atoms with Gasteiger partial charge in [-0.05, 0) is 24.7 Å². The number of hydrogen-bond acceptors (Lipinski definition) is 3. The van der Waals surface area contributed by atoms with Crippen LogP contribution in [0.5, 0.6) is 11.5 Å². The van der Waals surface area contributed by atoms with Crippen LogP contribution < -0.4 is 14.8 Å². The highest BCUT2D eigenvalue weighted by Gasteiger charge is 2.09. The minimum Gasteiger partial charge on any atom is -0.490 e. The maximum atomic E-state index is 5.61. The smallest absolute Gasteiger partial charge is 0.162 e. The minimum atomic E-state index is 0.710. The lowest BCUT2D eigenvalue weighted by molar-refractivity contribution is 0.297. The third-order valence-electron chi connectivity index (χ3n) is 2.44. The Morgan fingerprint density at radius 3 is 2.88 bits per heavy atom. The van der Waals surface area contributed by atoms with Crippen molar-refractivity contribution in [3.05, 3.63) is 23.8 Å². The molecule has 0 aromatic heterocycles. The number of ether oxygens (including phenoxy) is 2. The molecular formula is C14H17NO2.